The number of nitrogens with one attached hydrogen (secondary N) is 2. The van der Waals surface area contributed by atoms with Gasteiger partial charge in [-0.15, -0.1) is 0 Å². The smallest absolute Gasteiger partial charge is 0.240 e. The van der Waals surface area contributed by atoms with Crippen LogP contribution in [-0.2, 0) is 9.59 Å². The fraction of sp³-hybridized carbons (Fsp3) is 0.360. The molecule has 0 unspecified atom stereocenters. The lowest BCUT2D eigenvalue weighted by atomic mass is 10.2. The Bertz CT molecular complexity index is 963. The number of ether oxygens (including phenoxy) is 2. The lowest BCUT2D eigenvalue weighted by molar-refractivity contribution is -0.122. The molecule has 188 valence electrons. The Labute approximate surface area is 222 Å². The van der Waals surface area contributed by atoms with Gasteiger partial charge in [-0.3, -0.25) is 9.59 Å². The summed E-state index contributed by atoms with van der Waals surface area (Å²) >= 11 is 6.84. The van der Waals surface area contributed by atoms with Crippen LogP contribution in [0.3, 0.4) is 0 Å². The summed E-state index contributed by atoms with van der Waals surface area (Å²) in [4.78, 5) is 24.1. The van der Waals surface area contributed by atoms with Crippen LogP contribution in [-0.4, -0.2) is 37.5 Å². The molecule has 0 bridgehead atoms. The standard InChI is InChI=1S/C25H30Br2N4O4/c1-3-12-34-22-10-8-20(26)14-18(22)16-28-30-24(32)6-5-7-25(33)31-29-17-19-15-21(27)9-11-23(19)35-13-4-2/h8-11,14-17H,3-7,12-13H2,1-2H3,(H,30,32)(H,31,33). The topological polar surface area (TPSA) is 101 Å². The van der Waals surface area contributed by atoms with Crippen LogP contribution in [0.15, 0.2) is 55.5 Å². The molecule has 0 aliphatic rings. The van der Waals surface area contributed by atoms with Crippen LogP contribution < -0.4 is 20.3 Å². The Morgan fingerprint density at radius 1 is 0.800 bits per heavy atom. The van der Waals surface area contributed by atoms with Crippen molar-refractivity contribution in [1.29, 1.82) is 0 Å². The highest BCUT2D eigenvalue weighted by atomic mass is 79.9. The highest BCUT2D eigenvalue weighted by molar-refractivity contribution is 9.10. The molecule has 2 rings (SSSR count). The zero-order chi connectivity index (χ0) is 25.5. The number of carbonyl (C=O) groups is 2. The van der Waals surface area contributed by atoms with E-state index in [2.05, 4.69) is 52.9 Å². The average Bonchev–Trinajstić information content (AvgIpc) is 2.83. The van der Waals surface area contributed by atoms with Gasteiger partial charge in [0.25, 0.3) is 0 Å². The van der Waals surface area contributed by atoms with Gasteiger partial charge in [-0.05, 0) is 55.7 Å². The summed E-state index contributed by atoms with van der Waals surface area (Å²) in [6.45, 7) is 5.25. The fourth-order valence-electron chi connectivity index (χ4n) is 2.80. The van der Waals surface area contributed by atoms with Gasteiger partial charge in [-0.1, -0.05) is 45.7 Å². The van der Waals surface area contributed by atoms with Gasteiger partial charge in [-0.2, -0.15) is 10.2 Å². The number of hydrogen-bond donors (Lipinski definition) is 2. The molecular formula is C25H30Br2N4O4. The number of carbonyl (C=O) groups excluding carboxylic acids is 2. The van der Waals surface area contributed by atoms with Crippen molar-refractivity contribution in [2.45, 2.75) is 46.0 Å². The number of nitrogens with zero attached hydrogens (tertiary/aromatic N) is 2. The zero-order valence-electron chi connectivity index (χ0n) is 19.9. The van der Waals surface area contributed by atoms with Crippen LogP contribution in [0.25, 0.3) is 0 Å². The Morgan fingerprint density at radius 3 is 1.63 bits per heavy atom. The number of benzene rings is 2. The molecule has 0 radical (unpaired) electrons. The minimum absolute atomic E-state index is 0.160. The summed E-state index contributed by atoms with van der Waals surface area (Å²) in [7, 11) is 0. The second-order valence-corrected chi connectivity index (χ2v) is 9.33. The number of rotatable bonds is 14. The molecule has 0 atom stereocenters. The SMILES string of the molecule is CCCOc1ccc(Br)cc1C=NNC(=O)CCCC(=O)NN=Cc1cc(Br)ccc1OCCC. The molecule has 35 heavy (non-hydrogen) atoms. The van der Waals surface area contributed by atoms with E-state index in [0.29, 0.717) is 31.1 Å². The van der Waals surface area contributed by atoms with Gasteiger partial charge >= 0.3 is 0 Å². The molecule has 0 aliphatic carbocycles. The monoisotopic (exact) mass is 608 g/mol. The van der Waals surface area contributed by atoms with E-state index in [4.69, 9.17) is 9.47 Å². The minimum atomic E-state index is -0.282. The van der Waals surface area contributed by atoms with E-state index in [9.17, 15) is 9.59 Å². The molecular weight excluding hydrogens is 580 g/mol. The van der Waals surface area contributed by atoms with Crippen molar-refractivity contribution in [3.63, 3.8) is 0 Å². The van der Waals surface area contributed by atoms with Crippen molar-refractivity contribution in [3.05, 3.63) is 56.5 Å². The molecule has 2 amide bonds. The highest BCUT2D eigenvalue weighted by Crippen LogP contribution is 2.23. The molecule has 10 heteroatoms. The van der Waals surface area contributed by atoms with E-state index >= 15 is 0 Å². The minimum Gasteiger partial charge on any atom is -0.493 e. The van der Waals surface area contributed by atoms with Crippen molar-refractivity contribution < 1.29 is 19.1 Å². The molecule has 0 fully saturated rings. The first-order valence-electron chi connectivity index (χ1n) is 11.4. The first-order chi connectivity index (χ1) is 16.9. The fourth-order valence-corrected chi connectivity index (χ4v) is 3.55. The molecule has 0 spiro atoms. The van der Waals surface area contributed by atoms with E-state index in [-0.39, 0.29) is 24.7 Å². The average molecular weight is 610 g/mol. The maximum Gasteiger partial charge on any atom is 0.240 e. The van der Waals surface area contributed by atoms with Crippen LogP contribution >= 0.6 is 31.9 Å². The Hall–Kier alpha value is -2.72. The Balaban J connectivity index is 1.76. The second-order valence-electron chi connectivity index (χ2n) is 7.50. The maximum absolute atomic E-state index is 12.0. The summed E-state index contributed by atoms with van der Waals surface area (Å²) in [6, 6.07) is 11.2. The third kappa shape index (κ3) is 11.0. The number of halogens is 2. The van der Waals surface area contributed by atoms with Gasteiger partial charge in [-0.25, -0.2) is 10.9 Å². The summed E-state index contributed by atoms with van der Waals surface area (Å²) in [6.07, 6.45) is 5.54. The number of amides is 2. The van der Waals surface area contributed by atoms with Crippen LogP contribution in [0.2, 0.25) is 0 Å². The molecule has 8 nitrogen and oxygen atoms in total. The van der Waals surface area contributed by atoms with E-state index in [1.165, 1.54) is 12.4 Å². The van der Waals surface area contributed by atoms with Gasteiger partial charge in [0.15, 0.2) is 0 Å². The Kier molecular flexibility index (Phi) is 13.1. The third-order valence-corrected chi connectivity index (χ3v) is 5.45. The van der Waals surface area contributed by atoms with Gasteiger partial charge in [0.1, 0.15) is 11.5 Å². The van der Waals surface area contributed by atoms with E-state index in [1.54, 1.807) is 0 Å². The molecule has 0 saturated carbocycles. The molecule has 2 N–H and O–H groups in total. The first kappa shape index (κ1) is 28.5. The molecule has 2 aromatic rings. The third-order valence-electron chi connectivity index (χ3n) is 4.46. The molecule has 0 heterocycles. The summed E-state index contributed by atoms with van der Waals surface area (Å²) in [5.41, 5.74) is 6.46. The largest absolute Gasteiger partial charge is 0.493 e. The van der Waals surface area contributed by atoms with Crippen LogP contribution in [0.1, 0.15) is 57.1 Å². The zero-order valence-corrected chi connectivity index (χ0v) is 23.0. The van der Waals surface area contributed by atoms with Crippen molar-refractivity contribution in [1.82, 2.24) is 10.9 Å². The van der Waals surface area contributed by atoms with Crippen molar-refractivity contribution in [2.24, 2.45) is 10.2 Å². The quantitative estimate of drug-likeness (QED) is 0.216. The second kappa shape index (κ2) is 16.0. The molecule has 0 saturated heterocycles. The van der Waals surface area contributed by atoms with Crippen molar-refractivity contribution in [2.75, 3.05) is 13.2 Å². The normalized spacial score (nSPS) is 11.1. The molecule has 2 aromatic carbocycles. The van der Waals surface area contributed by atoms with Crippen LogP contribution in [0, 0.1) is 0 Å². The summed E-state index contributed by atoms with van der Waals surface area (Å²) in [5, 5.41) is 8.01. The van der Waals surface area contributed by atoms with Crippen molar-refractivity contribution >= 4 is 56.1 Å². The summed E-state index contributed by atoms with van der Waals surface area (Å²) in [5.74, 6) is 0.820. The number of hydrogen-bond acceptors (Lipinski definition) is 6. The van der Waals surface area contributed by atoms with Crippen LogP contribution in [0.5, 0.6) is 11.5 Å². The number of hydrazone groups is 2. The Morgan fingerprint density at radius 2 is 1.23 bits per heavy atom. The summed E-state index contributed by atoms with van der Waals surface area (Å²) < 4.78 is 13.1. The van der Waals surface area contributed by atoms with Gasteiger partial charge in [0, 0.05) is 32.9 Å². The van der Waals surface area contributed by atoms with Gasteiger partial charge < -0.3 is 9.47 Å². The molecule has 0 aliphatic heterocycles. The van der Waals surface area contributed by atoms with Crippen molar-refractivity contribution in [3.8, 4) is 11.5 Å². The van der Waals surface area contributed by atoms with E-state index in [0.717, 1.165) is 32.9 Å². The highest BCUT2D eigenvalue weighted by Gasteiger charge is 2.06. The van der Waals surface area contributed by atoms with E-state index in [1.807, 2.05) is 50.2 Å². The lowest BCUT2D eigenvalue weighted by Crippen LogP contribution is -2.20. The van der Waals surface area contributed by atoms with Gasteiger partial charge in [0.05, 0.1) is 25.6 Å². The lowest BCUT2D eigenvalue weighted by Gasteiger charge is -2.08. The predicted octanol–water partition coefficient (Wildman–Crippen LogP) is 5.56. The van der Waals surface area contributed by atoms with E-state index < -0.39 is 0 Å². The van der Waals surface area contributed by atoms with Crippen LogP contribution in [0.4, 0.5) is 0 Å². The predicted molar refractivity (Wildman–Crippen MR) is 145 cm³/mol. The molecule has 0 aromatic heterocycles. The van der Waals surface area contributed by atoms with Gasteiger partial charge in [0.2, 0.25) is 11.8 Å². The maximum atomic E-state index is 12.0. The first-order valence-corrected chi connectivity index (χ1v) is 13.0.